The van der Waals surface area contributed by atoms with Crippen molar-refractivity contribution in [2.45, 2.75) is 0 Å². The van der Waals surface area contributed by atoms with Crippen LogP contribution in [0.15, 0.2) is 30.6 Å². The Hall–Kier alpha value is -2.01. The van der Waals surface area contributed by atoms with Gasteiger partial charge in [-0.2, -0.15) is 0 Å². The van der Waals surface area contributed by atoms with Gasteiger partial charge in [0.25, 0.3) is 0 Å². The van der Waals surface area contributed by atoms with Crippen LogP contribution < -0.4 is 10.5 Å². The van der Waals surface area contributed by atoms with E-state index in [-0.39, 0.29) is 11.5 Å². The first-order chi connectivity index (χ1) is 7.66. The molecule has 0 aliphatic carbocycles. The highest BCUT2D eigenvalue weighted by Crippen LogP contribution is 2.17. The molecule has 82 valence electrons. The van der Waals surface area contributed by atoms with E-state index in [1.807, 2.05) is 0 Å². The number of esters is 1. The first-order valence-electron chi connectivity index (χ1n) is 4.43. The summed E-state index contributed by atoms with van der Waals surface area (Å²) in [6.45, 7) is 0. The molecule has 0 unspecified atom stereocenters. The molecule has 5 nitrogen and oxygen atoms in total. The topological polar surface area (TPSA) is 81.0 Å². The number of hydrogen-bond donors (Lipinski definition) is 2. The molecule has 2 rings (SSSR count). The molecule has 6 heteroatoms. The summed E-state index contributed by atoms with van der Waals surface area (Å²) in [6, 6.07) is 6.43. The van der Waals surface area contributed by atoms with E-state index in [0.29, 0.717) is 10.8 Å². The van der Waals surface area contributed by atoms with E-state index in [9.17, 15) is 4.79 Å². The van der Waals surface area contributed by atoms with Crippen LogP contribution in [0.2, 0.25) is 5.02 Å². The summed E-state index contributed by atoms with van der Waals surface area (Å²) in [7, 11) is 0. The fraction of sp³-hybridized carbons (Fsp3) is 0. The second kappa shape index (κ2) is 4.24. The summed E-state index contributed by atoms with van der Waals surface area (Å²) in [5.74, 6) is -0.0836. The zero-order chi connectivity index (χ0) is 11.5. The SMILES string of the molecule is Nc1nc[nH]c1C(=O)Oc1ccc(Cl)cc1. The molecule has 3 N–H and O–H groups in total. The van der Waals surface area contributed by atoms with Crippen LogP contribution in [0.1, 0.15) is 10.5 Å². The summed E-state index contributed by atoms with van der Waals surface area (Å²) in [6.07, 6.45) is 1.33. The van der Waals surface area contributed by atoms with E-state index in [1.165, 1.54) is 6.33 Å². The second-order valence-corrected chi connectivity index (χ2v) is 3.44. The zero-order valence-electron chi connectivity index (χ0n) is 8.11. The van der Waals surface area contributed by atoms with Gasteiger partial charge in [0, 0.05) is 5.02 Å². The van der Waals surface area contributed by atoms with E-state index in [2.05, 4.69) is 9.97 Å². The minimum absolute atomic E-state index is 0.110. The van der Waals surface area contributed by atoms with Crippen molar-refractivity contribution in [2.24, 2.45) is 0 Å². The smallest absolute Gasteiger partial charge is 0.364 e. The third-order valence-corrected chi connectivity index (χ3v) is 2.15. The predicted octanol–water partition coefficient (Wildman–Crippen LogP) is 1.86. The number of ether oxygens (including phenoxy) is 1. The Bertz CT molecular complexity index is 507. The number of anilines is 1. The first-order valence-corrected chi connectivity index (χ1v) is 4.81. The minimum atomic E-state index is -0.586. The van der Waals surface area contributed by atoms with Crippen molar-refractivity contribution in [2.75, 3.05) is 5.73 Å². The average Bonchev–Trinajstić information content (AvgIpc) is 2.68. The van der Waals surface area contributed by atoms with Crippen molar-refractivity contribution in [1.29, 1.82) is 0 Å². The van der Waals surface area contributed by atoms with Gasteiger partial charge in [-0.05, 0) is 24.3 Å². The zero-order valence-corrected chi connectivity index (χ0v) is 8.86. The number of carbonyl (C=O) groups is 1. The van der Waals surface area contributed by atoms with Gasteiger partial charge < -0.3 is 15.5 Å². The number of benzene rings is 1. The van der Waals surface area contributed by atoms with Crippen LogP contribution in [0.4, 0.5) is 5.82 Å². The maximum Gasteiger partial charge on any atom is 0.364 e. The van der Waals surface area contributed by atoms with Gasteiger partial charge in [-0.1, -0.05) is 11.6 Å². The molecule has 1 aromatic carbocycles. The molecule has 0 radical (unpaired) electrons. The van der Waals surface area contributed by atoms with Crippen molar-refractivity contribution in [3.63, 3.8) is 0 Å². The lowest BCUT2D eigenvalue weighted by atomic mass is 10.3. The summed E-state index contributed by atoms with van der Waals surface area (Å²) in [5.41, 5.74) is 5.59. The van der Waals surface area contributed by atoms with E-state index in [1.54, 1.807) is 24.3 Å². The molecular weight excluding hydrogens is 230 g/mol. The van der Waals surface area contributed by atoms with Gasteiger partial charge in [-0.15, -0.1) is 0 Å². The van der Waals surface area contributed by atoms with Gasteiger partial charge in [0.1, 0.15) is 5.75 Å². The van der Waals surface area contributed by atoms with Crippen LogP contribution in [-0.2, 0) is 0 Å². The molecule has 0 fully saturated rings. The highest BCUT2D eigenvalue weighted by Gasteiger charge is 2.14. The molecule has 0 amide bonds. The number of aromatic nitrogens is 2. The molecule has 0 atom stereocenters. The number of nitrogens with zero attached hydrogens (tertiary/aromatic N) is 1. The summed E-state index contributed by atoms with van der Waals surface area (Å²) in [5, 5.41) is 0.570. The highest BCUT2D eigenvalue weighted by molar-refractivity contribution is 6.30. The Morgan fingerprint density at radius 1 is 1.38 bits per heavy atom. The van der Waals surface area contributed by atoms with Crippen molar-refractivity contribution >= 4 is 23.4 Å². The molecule has 2 aromatic rings. The summed E-state index contributed by atoms with van der Waals surface area (Å²) < 4.78 is 5.05. The van der Waals surface area contributed by atoms with Gasteiger partial charge in [-0.25, -0.2) is 9.78 Å². The fourth-order valence-electron chi connectivity index (χ4n) is 1.13. The van der Waals surface area contributed by atoms with Gasteiger partial charge >= 0.3 is 5.97 Å². The largest absolute Gasteiger partial charge is 0.422 e. The molecular formula is C10H8ClN3O2. The Labute approximate surface area is 96.2 Å². The quantitative estimate of drug-likeness (QED) is 0.617. The van der Waals surface area contributed by atoms with Crippen LogP contribution in [0.3, 0.4) is 0 Å². The molecule has 1 heterocycles. The number of aromatic amines is 1. The van der Waals surface area contributed by atoms with E-state index in [0.717, 1.165) is 0 Å². The Balaban J connectivity index is 2.14. The van der Waals surface area contributed by atoms with Gasteiger partial charge in [0.2, 0.25) is 0 Å². The lowest BCUT2D eigenvalue weighted by Gasteiger charge is -2.02. The number of imidazole rings is 1. The number of hydrogen-bond acceptors (Lipinski definition) is 4. The maximum absolute atomic E-state index is 11.6. The lowest BCUT2D eigenvalue weighted by molar-refractivity contribution is 0.0730. The highest BCUT2D eigenvalue weighted by atomic mass is 35.5. The number of nitrogens with one attached hydrogen (secondary N) is 1. The monoisotopic (exact) mass is 237 g/mol. The molecule has 0 aliphatic heterocycles. The first kappa shape index (κ1) is 10.5. The molecule has 0 spiro atoms. The van der Waals surface area contributed by atoms with Gasteiger partial charge in [-0.3, -0.25) is 0 Å². The molecule has 0 bridgehead atoms. The van der Waals surface area contributed by atoms with Crippen molar-refractivity contribution in [1.82, 2.24) is 9.97 Å². The van der Waals surface area contributed by atoms with Crippen LogP contribution >= 0.6 is 11.6 Å². The summed E-state index contributed by atoms with van der Waals surface area (Å²) >= 11 is 5.70. The van der Waals surface area contributed by atoms with Crippen molar-refractivity contribution in [3.8, 4) is 5.75 Å². The summed E-state index contributed by atoms with van der Waals surface area (Å²) in [4.78, 5) is 17.9. The molecule has 16 heavy (non-hydrogen) atoms. The standard InChI is InChI=1S/C10H8ClN3O2/c11-6-1-3-7(4-2-6)16-10(15)8-9(12)14-5-13-8/h1-5H,12H2,(H,13,14). The number of H-pyrrole nitrogens is 1. The number of carbonyl (C=O) groups excluding carboxylic acids is 1. The predicted molar refractivity (Wildman–Crippen MR) is 59.4 cm³/mol. The number of nitrogen functional groups attached to an aromatic ring is 1. The molecule has 1 aromatic heterocycles. The number of rotatable bonds is 2. The van der Waals surface area contributed by atoms with Crippen LogP contribution in [0.25, 0.3) is 0 Å². The number of halogens is 1. The Morgan fingerprint density at radius 3 is 2.62 bits per heavy atom. The van der Waals surface area contributed by atoms with Crippen LogP contribution in [-0.4, -0.2) is 15.9 Å². The normalized spacial score (nSPS) is 10.1. The number of nitrogens with two attached hydrogens (primary N) is 1. The average molecular weight is 238 g/mol. The molecule has 0 saturated carbocycles. The van der Waals surface area contributed by atoms with Crippen molar-refractivity contribution in [3.05, 3.63) is 41.3 Å². The fourth-order valence-corrected chi connectivity index (χ4v) is 1.26. The van der Waals surface area contributed by atoms with E-state index in [4.69, 9.17) is 22.1 Å². The van der Waals surface area contributed by atoms with Crippen LogP contribution in [0.5, 0.6) is 5.75 Å². The maximum atomic E-state index is 11.6. The van der Waals surface area contributed by atoms with E-state index < -0.39 is 5.97 Å². The molecule has 0 saturated heterocycles. The van der Waals surface area contributed by atoms with E-state index >= 15 is 0 Å². The minimum Gasteiger partial charge on any atom is -0.422 e. The second-order valence-electron chi connectivity index (χ2n) is 3.01. The third kappa shape index (κ3) is 2.14. The molecule has 0 aliphatic rings. The van der Waals surface area contributed by atoms with Crippen LogP contribution in [0, 0.1) is 0 Å². The van der Waals surface area contributed by atoms with Gasteiger partial charge in [0.15, 0.2) is 11.5 Å². The van der Waals surface area contributed by atoms with Gasteiger partial charge in [0.05, 0.1) is 6.33 Å². The lowest BCUT2D eigenvalue weighted by Crippen LogP contribution is -2.11. The third-order valence-electron chi connectivity index (χ3n) is 1.90. The Kier molecular flexibility index (Phi) is 2.78. The Morgan fingerprint density at radius 2 is 2.06 bits per heavy atom. The van der Waals surface area contributed by atoms with Crippen molar-refractivity contribution < 1.29 is 9.53 Å².